The molecule has 0 aliphatic rings. The van der Waals surface area contributed by atoms with E-state index >= 15 is 0 Å². The minimum atomic E-state index is -0.465. The molecule has 0 bridgehead atoms. The molecule has 0 radical (unpaired) electrons. The number of anilines is 1. The molecule has 0 amide bonds. The first-order valence-electron chi connectivity index (χ1n) is 6.17. The Hall–Kier alpha value is -2.42. The summed E-state index contributed by atoms with van der Waals surface area (Å²) in [5.74, 6) is 3.29. The Morgan fingerprint density at radius 2 is 2.00 bits per heavy atom. The largest absolute Gasteiger partial charge is 0.493 e. The average Bonchev–Trinajstić information content (AvgIpc) is 2.45. The molecule has 108 valence electrons. The number of nitro groups is 1. The highest BCUT2D eigenvalue weighted by molar-refractivity contribution is 5.68. The Bertz CT molecular complexity index is 523. The zero-order chi connectivity index (χ0) is 15.1. The Kier molecular flexibility index (Phi) is 5.66. The zero-order valence-electron chi connectivity index (χ0n) is 11.8. The third kappa shape index (κ3) is 3.54. The summed E-state index contributed by atoms with van der Waals surface area (Å²) in [5.41, 5.74) is 0.299. The summed E-state index contributed by atoms with van der Waals surface area (Å²) in [5, 5.41) is 14.2. The number of terminal acetylenes is 1. The lowest BCUT2D eigenvalue weighted by Gasteiger charge is -2.17. The molecule has 0 aromatic heterocycles. The van der Waals surface area contributed by atoms with Crippen molar-refractivity contribution in [2.45, 2.75) is 25.8 Å². The maximum atomic E-state index is 11.1. The van der Waals surface area contributed by atoms with Gasteiger partial charge in [-0.2, -0.15) is 0 Å². The van der Waals surface area contributed by atoms with Crippen LogP contribution in [-0.2, 0) is 0 Å². The summed E-state index contributed by atoms with van der Waals surface area (Å²) in [6, 6.07) is 2.86. The quantitative estimate of drug-likeness (QED) is 0.471. The van der Waals surface area contributed by atoms with Gasteiger partial charge in [-0.1, -0.05) is 6.92 Å². The van der Waals surface area contributed by atoms with E-state index in [1.165, 1.54) is 20.3 Å². The first-order valence-corrected chi connectivity index (χ1v) is 6.17. The van der Waals surface area contributed by atoms with Crippen molar-refractivity contribution in [3.8, 4) is 23.8 Å². The molecule has 6 heteroatoms. The fourth-order valence-electron chi connectivity index (χ4n) is 1.79. The van der Waals surface area contributed by atoms with Crippen LogP contribution in [0.15, 0.2) is 12.1 Å². The van der Waals surface area contributed by atoms with Gasteiger partial charge in [-0.15, -0.1) is 12.3 Å². The van der Waals surface area contributed by atoms with E-state index in [9.17, 15) is 10.1 Å². The normalized spacial score (nSPS) is 11.3. The van der Waals surface area contributed by atoms with Crippen LogP contribution in [0.1, 0.15) is 19.8 Å². The average molecular weight is 278 g/mol. The molecule has 0 aliphatic heterocycles. The summed E-state index contributed by atoms with van der Waals surface area (Å²) in [7, 11) is 2.91. The SMILES string of the molecule is C#CCC(CC)Nc1cc(OC)c(OC)cc1[N+](=O)[O-]. The molecule has 0 fully saturated rings. The number of nitro benzene ring substituents is 1. The minimum Gasteiger partial charge on any atom is -0.493 e. The fourth-order valence-corrected chi connectivity index (χ4v) is 1.79. The van der Waals surface area contributed by atoms with Crippen LogP contribution in [0.5, 0.6) is 11.5 Å². The monoisotopic (exact) mass is 278 g/mol. The van der Waals surface area contributed by atoms with E-state index < -0.39 is 4.92 Å². The lowest BCUT2D eigenvalue weighted by molar-refractivity contribution is -0.384. The van der Waals surface area contributed by atoms with Gasteiger partial charge in [0, 0.05) is 18.5 Å². The van der Waals surface area contributed by atoms with Crippen LogP contribution in [0.25, 0.3) is 0 Å². The van der Waals surface area contributed by atoms with Crippen LogP contribution in [0.2, 0.25) is 0 Å². The second-order valence-electron chi connectivity index (χ2n) is 4.14. The van der Waals surface area contributed by atoms with E-state index in [0.29, 0.717) is 23.6 Å². The van der Waals surface area contributed by atoms with Crippen molar-refractivity contribution >= 4 is 11.4 Å². The Labute approximate surface area is 118 Å². The molecule has 6 nitrogen and oxygen atoms in total. The number of hydrogen-bond acceptors (Lipinski definition) is 5. The number of hydrogen-bond donors (Lipinski definition) is 1. The highest BCUT2D eigenvalue weighted by Gasteiger charge is 2.21. The molecule has 0 saturated carbocycles. The van der Waals surface area contributed by atoms with Crippen LogP contribution in [-0.4, -0.2) is 25.2 Å². The molecule has 0 aliphatic carbocycles. The van der Waals surface area contributed by atoms with Crippen molar-refractivity contribution < 1.29 is 14.4 Å². The van der Waals surface area contributed by atoms with Crippen molar-refractivity contribution in [1.29, 1.82) is 0 Å². The Morgan fingerprint density at radius 1 is 1.40 bits per heavy atom. The number of ether oxygens (including phenoxy) is 2. The Balaban J connectivity index is 3.22. The van der Waals surface area contributed by atoms with Crippen LogP contribution >= 0.6 is 0 Å². The molecule has 1 aromatic carbocycles. The van der Waals surface area contributed by atoms with E-state index in [-0.39, 0.29) is 11.7 Å². The predicted molar refractivity (Wildman–Crippen MR) is 77.4 cm³/mol. The van der Waals surface area contributed by atoms with Crippen LogP contribution in [0.4, 0.5) is 11.4 Å². The van der Waals surface area contributed by atoms with Crippen molar-refractivity contribution in [3.63, 3.8) is 0 Å². The van der Waals surface area contributed by atoms with Gasteiger partial charge < -0.3 is 14.8 Å². The summed E-state index contributed by atoms with van der Waals surface area (Å²) < 4.78 is 10.2. The summed E-state index contributed by atoms with van der Waals surface area (Å²) >= 11 is 0. The van der Waals surface area contributed by atoms with Gasteiger partial charge in [-0.3, -0.25) is 10.1 Å². The molecular weight excluding hydrogens is 260 g/mol. The molecule has 1 unspecified atom stereocenters. The number of methoxy groups -OCH3 is 2. The van der Waals surface area contributed by atoms with E-state index in [4.69, 9.17) is 15.9 Å². The molecule has 0 saturated heterocycles. The van der Waals surface area contributed by atoms with E-state index in [1.807, 2.05) is 6.92 Å². The van der Waals surface area contributed by atoms with E-state index in [0.717, 1.165) is 6.42 Å². The number of rotatable bonds is 7. The van der Waals surface area contributed by atoms with Crippen molar-refractivity contribution in [2.75, 3.05) is 19.5 Å². The maximum Gasteiger partial charge on any atom is 0.296 e. The highest BCUT2D eigenvalue weighted by atomic mass is 16.6. The molecule has 0 spiro atoms. The third-order valence-corrected chi connectivity index (χ3v) is 2.92. The number of nitrogens with one attached hydrogen (secondary N) is 1. The Morgan fingerprint density at radius 3 is 2.45 bits per heavy atom. The van der Waals surface area contributed by atoms with Crippen molar-refractivity contribution in [1.82, 2.24) is 0 Å². The number of nitrogens with zero attached hydrogens (tertiary/aromatic N) is 1. The molecule has 20 heavy (non-hydrogen) atoms. The van der Waals surface area contributed by atoms with Gasteiger partial charge in [0.25, 0.3) is 5.69 Å². The highest BCUT2D eigenvalue weighted by Crippen LogP contribution is 2.38. The van der Waals surface area contributed by atoms with E-state index in [2.05, 4.69) is 11.2 Å². The summed E-state index contributed by atoms with van der Waals surface area (Å²) in [6.45, 7) is 1.96. The van der Waals surface area contributed by atoms with Gasteiger partial charge in [-0.25, -0.2) is 0 Å². The molecule has 1 atom stereocenters. The third-order valence-electron chi connectivity index (χ3n) is 2.92. The van der Waals surface area contributed by atoms with Crippen LogP contribution in [0, 0.1) is 22.5 Å². The first kappa shape index (κ1) is 15.6. The fraction of sp³-hybridized carbons (Fsp3) is 0.429. The van der Waals surface area contributed by atoms with E-state index in [1.54, 1.807) is 6.07 Å². The van der Waals surface area contributed by atoms with Gasteiger partial charge in [-0.05, 0) is 6.42 Å². The van der Waals surface area contributed by atoms with Gasteiger partial charge >= 0.3 is 0 Å². The number of benzene rings is 1. The van der Waals surface area contributed by atoms with Crippen molar-refractivity contribution in [3.05, 3.63) is 22.2 Å². The summed E-state index contributed by atoms with van der Waals surface area (Å²) in [6.07, 6.45) is 6.54. The predicted octanol–water partition coefficient (Wildman–Crippen LogP) is 2.83. The van der Waals surface area contributed by atoms with Gasteiger partial charge in [0.1, 0.15) is 5.69 Å². The van der Waals surface area contributed by atoms with Gasteiger partial charge in [0.05, 0.1) is 25.2 Å². The first-order chi connectivity index (χ1) is 9.57. The second-order valence-corrected chi connectivity index (χ2v) is 4.14. The molecule has 1 aromatic rings. The molecule has 1 rings (SSSR count). The second kappa shape index (κ2) is 7.24. The molecule has 0 heterocycles. The smallest absolute Gasteiger partial charge is 0.296 e. The standard InChI is InChI=1S/C14H18N2O4/c1-5-7-10(6-2)15-11-8-13(19-3)14(20-4)9-12(11)16(17)18/h1,8-10,15H,6-7H2,2-4H3. The summed E-state index contributed by atoms with van der Waals surface area (Å²) in [4.78, 5) is 10.7. The van der Waals surface area contributed by atoms with Gasteiger partial charge in [0.15, 0.2) is 11.5 Å². The van der Waals surface area contributed by atoms with Crippen LogP contribution < -0.4 is 14.8 Å². The van der Waals surface area contributed by atoms with Gasteiger partial charge in [0.2, 0.25) is 0 Å². The zero-order valence-corrected chi connectivity index (χ0v) is 11.8. The van der Waals surface area contributed by atoms with Crippen molar-refractivity contribution in [2.24, 2.45) is 0 Å². The lowest BCUT2D eigenvalue weighted by Crippen LogP contribution is -2.18. The molecular formula is C14H18N2O4. The maximum absolute atomic E-state index is 11.1. The molecule has 1 N–H and O–H groups in total. The lowest BCUT2D eigenvalue weighted by atomic mass is 10.1. The topological polar surface area (TPSA) is 73.6 Å². The van der Waals surface area contributed by atoms with Crippen LogP contribution in [0.3, 0.4) is 0 Å². The minimum absolute atomic E-state index is 0.0307.